The summed E-state index contributed by atoms with van der Waals surface area (Å²) in [7, 11) is 1.55. The highest BCUT2D eigenvalue weighted by atomic mass is 19.2. The Balaban J connectivity index is 1.49. The normalized spacial score (nSPS) is 11.0. The monoisotopic (exact) mass is 512 g/mol. The van der Waals surface area contributed by atoms with E-state index in [9.17, 15) is 26.3 Å². The van der Waals surface area contributed by atoms with Gasteiger partial charge in [0.15, 0.2) is 11.6 Å². The van der Waals surface area contributed by atoms with Crippen molar-refractivity contribution >= 4 is 10.8 Å². The van der Waals surface area contributed by atoms with Gasteiger partial charge in [0.2, 0.25) is 0 Å². The average molecular weight is 512 g/mol. The molecule has 7 heteroatoms. The lowest BCUT2D eigenvalue weighted by Crippen LogP contribution is -2.03. The van der Waals surface area contributed by atoms with Crippen LogP contribution >= 0.6 is 0 Å². The third-order valence-electron chi connectivity index (χ3n) is 6.02. The highest BCUT2D eigenvalue weighted by Crippen LogP contribution is 2.23. The van der Waals surface area contributed by atoms with Crippen LogP contribution in [-0.4, -0.2) is 13.7 Å². The van der Waals surface area contributed by atoms with Crippen molar-refractivity contribution in [2.24, 2.45) is 0 Å². The van der Waals surface area contributed by atoms with Gasteiger partial charge in [-0.15, -0.1) is 0 Å². The van der Waals surface area contributed by atoms with E-state index in [1.54, 1.807) is 7.11 Å². The molecule has 0 heterocycles. The van der Waals surface area contributed by atoms with Crippen molar-refractivity contribution < 1.29 is 31.1 Å². The molecule has 0 amide bonds. The van der Waals surface area contributed by atoms with E-state index in [0.717, 1.165) is 18.2 Å². The van der Waals surface area contributed by atoms with Crippen LogP contribution in [0.4, 0.5) is 26.3 Å². The maximum Gasteiger partial charge on any atom is 0.166 e. The van der Waals surface area contributed by atoms with Gasteiger partial charge in [-0.3, -0.25) is 0 Å². The molecule has 190 valence electrons. The molecule has 0 N–H and O–H groups in total. The molecule has 0 radical (unpaired) electrons. The zero-order valence-electron chi connectivity index (χ0n) is 19.9. The molecule has 1 nitrogen and oxygen atoms in total. The van der Waals surface area contributed by atoms with Crippen molar-refractivity contribution in [1.82, 2.24) is 0 Å². The van der Waals surface area contributed by atoms with E-state index in [1.807, 2.05) is 0 Å². The second-order valence-electron chi connectivity index (χ2n) is 8.62. The summed E-state index contributed by atoms with van der Waals surface area (Å²) in [5.41, 5.74) is 0.490. The van der Waals surface area contributed by atoms with Gasteiger partial charge < -0.3 is 4.74 Å². The van der Waals surface area contributed by atoms with Gasteiger partial charge in [-0.1, -0.05) is 24.0 Å². The summed E-state index contributed by atoms with van der Waals surface area (Å²) in [6.45, 7) is 0.478. The third-order valence-corrected chi connectivity index (χ3v) is 6.02. The van der Waals surface area contributed by atoms with Crippen LogP contribution in [0.3, 0.4) is 0 Å². The maximum absolute atomic E-state index is 14.7. The summed E-state index contributed by atoms with van der Waals surface area (Å²) in [4.78, 5) is 0. The van der Waals surface area contributed by atoms with Crippen LogP contribution in [0.2, 0.25) is 0 Å². The summed E-state index contributed by atoms with van der Waals surface area (Å²) in [6.07, 6.45) is 1.04. The Kier molecular flexibility index (Phi) is 8.20. The van der Waals surface area contributed by atoms with E-state index >= 15 is 0 Å². The topological polar surface area (TPSA) is 9.23 Å². The molecular weight excluding hydrogens is 490 g/mol. The maximum atomic E-state index is 14.7. The van der Waals surface area contributed by atoms with Crippen molar-refractivity contribution in [3.63, 3.8) is 0 Å². The largest absolute Gasteiger partial charge is 0.385 e. The predicted octanol–water partition coefficient (Wildman–Crippen LogP) is 7.44. The van der Waals surface area contributed by atoms with E-state index in [4.69, 9.17) is 4.74 Å². The number of hydrogen-bond donors (Lipinski definition) is 0. The van der Waals surface area contributed by atoms with Crippen molar-refractivity contribution in [3.8, 4) is 11.8 Å². The first-order valence-corrected chi connectivity index (χ1v) is 11.6. The van der Waals surface area contributed by atoms with Crippen LogP contribution in [-0.2, 0) is 24.0 Å². The van der Waals surface area contributed by atoms with Crippen LogP contribution < -0.4 is 0 Å². The molecule has 0 aliphatic rings. The summed E-state index contributed by atoms with van der Waals surface area (Å²) >= 11 is 0. The predicted molar refractivity (Wildman–Crippen MR) is 130 cm³/mol. The molecule has 37 heavy (non-hydrogen) atoms. The third kappa shape index (κ3) is 6.15. The Bertz CT molecular complexity index is 1470. The Hall–Kier alpha value is -3.76. The molecule has 0 unspecified atom stereocenters. The van der Waals surface area contributed by atoms with E-state index in [1.165, 1.54) is 36.4 Å². The number of hydrogen-bond acceptors (Lipinski definition) is 1. The van der Waals surface area contributed by atoms with Crippen LogP contribution in [0.1, 0.15) is 34.2 Å². The second kappa shape index (κ2) is 11.5. The Morgan fingerprint density at radius 3 is 1.97 bits per heavy atom. The highest BCUT2D eigenvalue weighted by Gasteiger charge is 2.14. The molecular formula is C30H22F6O. The average Bonchev–Trinajstić information content (AvgIpc) is 2.85. The molecule has 0 aromatic heterocycles. The summed E-state index contributed by atoms with van der Waals surface area (Å²) < 4.78 is 90.4. The Morgan fingerprint density at radius 1 is 0.649 bits per heavy atom. The van der Waals surface area contributed by atoms with Gasteiger partial charge >= 0.3 is 0 Å². The number of aryl methyl sites for hydroxylation is 2. The fourth-order valence-corrected chi connectivity index (χ4v) is 4.10. The molecule has 4 aromatic rings. The lowest BCUT2D eigenvalue weighted by atomic mass is 9.99. The fourth-order valence-electron chi connectivity index (χ4n) is 4.10. The first-order chi connectivity index (χ1) is 17.8. The zero-order chi connectivity index (χ0) is 26.5. The van der Waals surface area contributed by atoms with Gasteiger partial charge in [-0.2, -0.15) is 0 Å². The van der Waals surface area contributed by atoms with Gasteiger partial charge in [0, 0.05) is 30.2 Å². The summed E-state index contributed by atoms with van der Waals surface area (Å²) in [6, 6.07) is 11.3. The number of benzene rings is 4. The van der Waals surface area contributed by atoms with E-state index in [2.05, 4.69) is 11.8 Å². The minimum absolute atomic E-state index is 0.0191. The SMILES string of the molecule is COCCCc1cc(F)c(CCc2cc(F)c(C#Cc3ccc4c(F)c(F)ccc4c3)c(F)c2)c(F)c1. The molecule has 0 aliphatic carbocycles. The van der Waals surface area contributed by atoms with Gasteiger partial charge in [-0.25, -0.2) is 26.3 Å². The number of fused-ring (bicyclic) bond motifs is 1. The van der Waals surface area contributed by atoms with Gasteiger partial charge in [0.05, 0.1) is 5.56 Å². The molecule has 0 saturated carbocycles. The van der Waals surface area contributed by atoms with Gasteiger partial charge in [-0.05, 0) is 84.7 Å². The molecule has 0 fully saturated rings. The lowest BCUT2D eigenvalue weighted by Gasteiger charge is -2.09. The quantitative estimate of drug-likeness (QED) is 0.142. The molecule has 0 saturated heterocycles. The van der Waals surface area contributed by atoms with Gasteiger partial charge in [0.1, 0.15) is 23.3 Å². The zero-order valence-corrected chi connectivity index (χ0v) is 19.9. The smallest absolute Gasteiger partial charge is 0.166 e. The van der Waals surface area contributed by atoms with Crippen molar-refractivity contribution in [2.45, 2.75) is 25.7 Å². The highest BCUT2D eigenvalue weighted by molar-refractivity contribution is 5.84. The summed E-state index contributed by atoms with van der Waals surface area (Å²) in [5.74, 6) is -0.113. The van der Waals surface area contributed by atoms with Crippen molar-refractivity contribution in [2.75, 3.05) is 13.7 Å². The molecule has 0 atom stereocenters. The minimum Gasteiger partial charge on any atom is -0.385 e. The van der Waals surface area contributed by atoms with Crippen molar-refractivity contribution in [1.29, 1.82) is 0 Å². The van der Waals surface area contributed by atoms with Crippen LogP contribution in [0.15, 0.2) is 54.6 Å². The first-order valence-electron chi connectivity index (χ1n) is 11.6. The fraction of sp³-hybridized carbons (Fsp3) is 0.200. The van der Waals surface area contributed by atoms with E-state index < -0.39 is 40.5 Å². The molecule has 4 aromatic carbocycles. The van der Waals surface area contributed by atoms with Crippen molar-refractivity contribution in [3.05, 3.63) is 117 Å². The van der Waals surface area contributed by atoms with Gasteiger partial charge in [0.25, 0.3) is 0 Å². The Labute approximate surface area is 210 Å². The summed E-state index contributed by atoms with van der Waals surface area (Å²) in [5, 5.41) is 0.463. The number of ether oxygens (including phenoxy) is 1. The van der Waals surface area contributed by atoms with E-state index in [0.29, 0.717) is 36.0 Å². The first kappa shape index (κ1) is 26.3. The van der Waals surface area contributed by atoms with Crippen LogP contribution in [0, 0.1) is 46.7 Å². The number of rotatable bonds is 7. The second-order valence-corrected chi connectivity index (χ2v) is 8.62. The number of halogens is 6. The molecule has 0 bridgehead atoms. The van der Waals surface area contributed by atoms with Crippen LogP contribution in [0.25, 0.3) is 10.8 Å². The van der Waals surface area contributed by atoms with Crippen LogP contribution in [0.5, 0.6) is 0 Å². The molecule has 0 aliphatic heterocycles. The molecule has 0 spiro atoms. The van der Waals surface area contributed by atoms with E-state index in [-0.39, 0.29) is 29.4 Å². The minimum atomic E-state index is -0.984. The number of methoxy groups -OCH3 is 1. The standard InChI is InChI=1S/C30H22F6O/c1-37-12-2-3-19-14-26(32)24(27(33)15-19)10-6-20-16-28(34)23(29(35)17-20)9-5-18-4-8-22-21(13-18)7-11-25(31)30(22)36/h4,7-8,11,13-17H,2-3,6,10,12H2,1H3. The Morgan fingerprint density at radius 2 is 1.30 bits per heavy atom. The lowest BCUT2D eigenvalue weighted by molar-refractivity contribution is 0.195. The molecule has 4 rings (SSSR count).